The van der Waals surface area contributed by atoms with E-state index >= 15 is 0 Å². The topological polar surface area (TPSA) is 17.0 Å². The predicted molar refractivity (Wildman–Crippen MR) is 35.0 cm³/mol. The minimum atomic E-state index is 1.16. The number of hydrogen-bond donors (Lipinski definition) is 1. The van der Waals surface area contributed by atoms with Gasteiger partial charge in [0.2, 0.25) is 0 Å². The highest BCUT2D eigenvalue weighted by atomic mass is 14.9. The van der Waals surface area contributed by atoms with Crippen LogP contribution >= 0.6 is 0 Å². The van der Waals surface area contributed by atoms with Crippen LogP contribution < -0.4 is 5.32 Å². The molecule has 0 saturated heterocycles. The monoisotopic (exact) mass is 110 g/mol. The van der Waals surface area contributed by atoms with Gasteiger partial charge in [-0.05, 0) is 6.07 Å². The molecule has 1 heterocycles. The number of nitrogens with one attached hydrogen (secondary N) is 1. The number of hydrogen-bond acceptors (Lipinski definition) is 1. The van der Waals surface area contributed by atoms with Gasteiger partial charge in [-0.1, -0.05) is 0 Å². The summed E-state index contributed by atoms with van der Waals surface area (Å²) in [5.41, 5.74) is 1.16. The zero-order valence-electron chi connectivity index (χ0n) is 5.18. The molecule has 0 radical (unpaired) electrons. The predicted octanol–water partition coefficient (Wildman–Crippen LogP) is 1.07. The summed E-state index contributed by atoms with van der Waals surface area (Å²) in [6.07, 6.45) is 4.03. The summed E-state index contributed by atoms with van der Waals surface area (Å²) in [5.74, 6) is 0. The molecule has 0 unspecified atom stereocenters. The zero-order valence-corrected chi connectivity index (χ0v) is 5.18. The number of rotatable bonds is 1. The maximum Gasteiger partial charge on any atom is 0.0517 e. The van der Waals surface area contributed by atoms with E-state index in [1.165, 1.54) is 0 Å². The Morgan fingerprint density at radius 3 is 2.62 bits per heavy atom. The largest absolute Gasteiger partial charge is 0.387 e. The second-order valence-corrected chi connectivity index (χ2v) is 1.82. The third kappa shape index (κ3) is 0.832. The summed E-state index contributed by atoms with van der Waals surface area (Å²) >= 11 is 0. The molecule has 8 heavy (non-hydrogen) atoms. The molecule has 0 bridgehead atoms. The van der Waals surface area contributed by atoms with E-state index in [4.69, 9.17) is 0 Å². The average Bonchev–Trinajstić information content (AvgIpc) is 2.14. The minimum Gasteiger partial charge on any atom is -0.387 e. The second-order valence-electron chi connectivity index (χ2n) is 1.82. The Bertz CT molecular complexity index is 167. The Balaban J connectivity index is 2.84. The van der Waals surface area contributed by atoms with E-state index < -0.39 is 0 Å². The van der Waals surface area contributed by atoms with Gasteiger partial charge in [0.05, 0.1) is 5.69 Å². The first-order valence-corrected chi connectivity index (χ1v) is 2.62. The van der Waals surface area contributed by atoms with Crippen LogP contribution in [0.2, 0.25) is 0 Å². The first-order chi connectivity index (χ1) is 3.83. The molecule has 0 aliphatic heterocycles. The van der Waals surface area contributed by atoms with Crippen LogP contribution in [0.5, 0.6) is 0 Å². The van der Waals surface area contributed by atoms with Crippen molar-refractivity contribution in [2.24, 2.45) is 7.05 Å². The Morgan fingerprint density at radius 1 is 1.62 bits per heavy atom. The first-order valence-electron chi connectivity index (χ1n) is 2.62. The quantitative estimate of drug-likeness (QED) is 0.572. The number of aryl methyl sites for hydroxylation is 1. The molecule has 2 nitrogen and oxygen atoms in total. The summed E-state index contributed by atoms with van der Waals surface area (Å²) in [7, 11) is 3.91. The van der Waals surface area contributed by atoms with Crippen molar-refractivity contribution in [3.05, 3.63) is 18.5 Å². The van der Waals surface area contributed by atoms with Gasteiger partial charge in [-0.3, -0.25) is 0 Å². The lowest BCUT2D eigenvalue weighted by molar-refractivity contribution is 0.928. The van der Waals surface area contributed by atoms with Gasteiger partial charge in [0.25, 0.3) is 0 Å². The van der Waals surface area contributed by atoms with Crippen LogP contribution in [0.25, 0.3) is 0 Å². The fraction of sp³-hybridized carbons (Fsp3) is 0.333. The van der Waals surface area contributed by atoms with Crippen LogP contribution in [0.4, 0.5) is 5.69 Å². The molecule has 0 spiro atoms. The van der Waals surface area contributed by atoms with Crippen molar-refractivity contribution >= 4 is 5.69 Å². The Hall–Kier alpha value is -0.920. The van der Waals surface area contributed by atoms with Crippen LogP contribution in [0.3, 0.4) is 0 Å². The van der Waals surface area contributed by atoms with Crippen molar-refractivity contribution in [3.8, 4) is 0 Å². The molecule has 0 fully saturated rings. The average molecular weight is 110 g/mol. The van der Waals surface area contributed by atoms with Gasteiger partial charge < -0.3 is 9.88 Å². The zero-order chi connectivity index (χ0) is 5.98. The van der Waals surface area contributed by atoms with E-state index in [-0.39, 0.29) is 0 Å². The maximum absolute atomic E-state index is 3.03. The molecule has 0 atom stereocenters. The molecule has 1 aromatic rings. The Kier molecular flexibility index (Phi) is 1.24. The third-order valence-electron chi connectivity index (χ3n) is 1.12. The van der Waals surface area contributed by atoms with Crippen LogP contribution in [0.15, 0.2) is 18.5 Å². The van der Waals surface area contributed by atoms with Gasteiger partial charge in [-0.25, -0.2) is 0 Å². The molecular weight excluding hydrogens is 100 g/mol. The van der Waals surface area contributed by atoms with Crippen molar-refractivity contribution in [1.29, 1.82) is 0 Å². The highest BCUT2D eigenvalue weighted by molar-refractivity contribution is 5.39. The van der Waals surface area contributed by atoms with Gasteiger partial charge in [0, 0.05) is 26.5 Å². The molecule has 2 heteroatoms. The van der Waals surface area contributed by atoms with E-state index in [2.05, 4.69) is 5.32 Å². The van der Waals surface area contributed by atoms with E-state index in [1.54, 1.807) is 0 Å². The molecule has 1 rings (SSSR count). The second kappa shape index (κ2) is 1.90. The first kappa shape index (κ1) is 5.22. The molecule has 44 valence electrons. The molecule has 1 aromatic heterocycles. The maximum atomic E-state index is 3.03. The van der Waals surface area contributed by atoms with Crippen molar-refractivity contribution < 1.29 is 0 Å². The highest BCUT2D eigenvalue weighted by Crippen LogP contribution is 2.03. The number of nitrogens with zero attached hydrogens (tertiary/aromatic N) is 1. The van der Waals surface area contributed by atoms with E-state index in [0.717, 1.165) is 5.69 Å². The molecule has 0 aliphatic rings. The van der Waals surface area contributed by atoms with Gasteiger partial charge in [0.1, 0.15) is 0 Å². The molecule has 1 N–H and O–H groups in total. The van der Waals surface area contributed by atoms with Crippen molar-refractivity contribution in [1.82, 2.24) is 4.57 Å². The lowest BCUT2D eigenvalue weighted by Crippen LogP contribution is -1.84. The van der Waals surface area contributed by atoms with Crippen molar-refractivity contribution in [3.63, 3.8) is 0 Å². The van der Waals surface area contributed by atoms with Crippen molar-refractivity contribution in [2.45, 2.75) is 0 Å². The normalized spacial score (nSPS) is 9.25. The number of aromatic nitrogens is 1. The fourth-order valence-electron chi connectivity index (χ4n) is 0.651. The van der Waals surface area contributed by atoms with E-state index in [0.29, 0.717) is 0 Å². The third-order valence-corrected chi connectivity index (χ3v) is 1.12. The Labute approximate surface area is 49.1 Å². The van der Waals surface area contributed by atoms with Crippen molar-refractivity contribution in [2.75, 3.05) is 12.4 Å². The van der Waals surface area contributed by atoms with Gasteiger partial charge in [-0.2, -0.15) is 0 Å². The minimum absolute atomic E-state index is 1.16. The standard InChI is InChI=1S/C6H10N2/c1-7-6-3-4-8(2)5-6/h3-5,7H,1-2H3. The lowest BCUT2D eigenvalue weighted by atomic mass is 10.5. The van der Waals surface area contributed by atoms with Crippen LogP contribution in [-0.2, 0) is 7.05 Å². The summed E-state index contributed by atoms with van der Waals surface area (Å²) < 4.78 is 2.01. The summed E-state index contributed by atoms with van der Waals surface area (Å²) in [5, 5.41) is 3.03. The smallest absolute Gasteiger partial charge is 0.0517 e. The molecule has 0 aromatic carbocycles. The van der Waals surface area contributed by atoms with E-state index in [1.807, 2.05) is 37.1 Å². The van der Waals surface area contributed by atoms with Crippen LogP contribution in [0.1, 0.15) is 0 Å². The molecule has 0 saturated carbocycles. The lowest BCUT2D eigenvalue weighted by Gasteiger charge is -1.88. The molecular formula is C6H10N2. The van der Waals surface area contributed by atoms with Crippen LogP contribution in [-0.4, -0.2) is 11.6 Å². The van der Waals surface area contributed by atoms with E-state index in [9.17, 15) is 0 Å². The van der Waals surface area contributed by atoms with Gasteiger partial charge >= 0.3 is 0 Å². The Morgan fingerprint density at radius 2 is 2.38 bits per heavy atom. The molecule has 0 amide bonds. The summed E-state index contributed by atoms with van der Waals surface area (Å²) in [6.45, 7) is 0. The fourth-order valence-corrected chi connectivity index (χ4v) is 0.651. The van der Waals surface area contributed by atoms with Gasteiger partial charge in [-0.15, -0.1) is 0 Å². The summed E-state index contributed by atoms with van der Waals surface area (Å²) in [4.78, 5) is 0. The van der Waals surface area contributed by atoms with Gasteiger partial charge in [0.15, 0.2) is 0 Å². The number of anilines is 1. The SMILES string of the molecule is CNc1ccn(C)c1. The summed E-state index contributed by atoms with van der Waals surface area (Å²) in [6, 6.07) is 2.03. The highest BCUT2D eigenvalue weighted by Gasteiger charge is 1.85. The van der Waals surface area contributed by atoms with Crippen LogP contribution in [0, 0.1) is 0 Å². The molecule has 0 aliphatic carbocycles.